The number of rotatable bonds is 4. The molecule has 0 aliphatic heterocycles. The first-order chi connectivity index (χ1) is 10.5. The minimum absolute atomic E-state index is 0.176. The minimum atomic E-state index is -3.38. The molecule has 5 nitrogen and oxygen atoms in total. The molecule has 1 aromatic carbocycles. The fourth-order valence-corrected chi connectivity index (χ4v) is 4.84. The van der Waals surface area contributed by atoms with Crippen LogP contribution in [0.2, 0.25) is 0 Å². The largest absolute Gasteiger partial charge is 0.338 e. The summed E-state index contributed by atoms with van der Waals surface area (Å²) in [4.78, 5) is 12.5. The van der Waals surface area contributed by atoms with Gasteiger partial charge in [-0.25, -0.2) is 8.42 Å². The molecule has 2 atom stereocenters. The van der Waals surface area contributed by atoms with E-state index in [0.717, 1.165) is 0 Å². The Kier molecular flexibility index (Phi) is 3.69. The van der Waals surface area contributed by atoms with Crippen molar-refractivity contribution >= 4 is 15.7 Å². The smallest absolute Gasteiger partial charge is 0.224 e. The predicted octanol–water partition coefficient (Wildman–Crippen LogP) is 1.80. The summed E-state index contributed by atoms with van der Waals surface area (Å²) < 4.78 is 25.1. The van der Waals surface area contributed by atoms with Crippen LogP contribution in [-0.4, -0.2) is 25.1 Å². The number of nitriles is 1. The van der Waals surface area contributed by atoms with Crippen LogP contribution in [0.1, 0.15) is 32.1 Å². The molecule has 116 valence electrons. The van der Waals surface area contributed by atoms with Gasteiger partial charge in [0.15, 0.2) is 9.84 Å². The molecule has 2 aliphatic rings. The van der Waals surface area contributed by atoms with E-state index in [0.29, 0.717) is 37.0 Å². The van der Waals surface area contributed by atoms with E-state index < -0.39 is 20.6 Å². The summed E-state index contributed by atoms with van der Waals surface area (Å²) in [6, 6.07) is 10.5. The Balaban J connectivity index is 1.68. The first kappa shape index (κ1) is 15.0. The molecule has 6 heteroatoms. The molecule has 0 unspecified atom stereocenters. The summed E-state index contributed by atoms with van der Waals surface area (Å²) in [6.07, 6.45) is 2.77. The molecule has 2 saturated carbocycles. The topological polar surface area (TPSA) is 87.0 Å². The molecule has 0 aromatic heterocycles. The van der Waals surface area contributed by atoms with Crippen molar-refractivity contribution in [3.8, 4) is 6.07 Å². The molecule has 0 heterocycles. The number of hydrogen-bond acceptors (Lipinski definition) is 4. The van der Waals surface area contributed by atoms with E-state index in [1.807, 2.05) is 0 Å². The van der Waals surface area contributed by atoms with Crippen LogP contribution in [0.5, 0.6) is 0 Å². The second kappa shape index (κ2) is 5.40. The van der Waals surface area contributed by atoms with Gasteiger partial charge in [0, 0.05) is 5.92 Å². The van der Waals surface area contributed by atoms with Crippen LogP contribution in [0.25, 0.3) is 0 Å². The van der Waals surface area contributed by atoms with Crippen LogP contribution >= 0.6 is 0 Å². The van der Waals surface area contributed by atoms with E-state index in [2.05, 4.69) is 11.4 Å². The lowest BCUT2D eigenvalue weighted by atomic mass is 10.1. The monoisotopic (exact) mass is 318 g/mol. The minimum Gasteiger partial charge on any atom is -0.338 e. The Morgan fingerprint density at radius 2 is 1.91 bits per heavy atom. The van der Waals surface area contributed by atoms with Crippen LogP contribution < -0.4 is 5.32 Å². The summed E-state index contributed by atoms with van der Waals surface area (Å²) in [7, 11) is -3.38. The standard InChI is InChI=1S/C16H18N2O3S/c17-11-16(8-9-16)18-15(19)12-6-7-14(10-12)22(20,21)13-4-2-1-3-5-13/h1-5,12,14H,6-10H2,(H,18,19)/t12-,14-/m1/s1. The van der Waals surface area contributed by atoms with Crippen LogP contribution in [0.3, 0.4) is 0 Å². The van der Waals surface area contributed by atoms with Gasteiger partial charge in [-0.3, -0.25) is 4.79 Å². The Labute approximate surface area is 130 Å². The molecule has 1 N–H and O–H groups in total. The molecule has 2 aliphatic carbocycles. The van der Waals surface area contributed by atoms with Gasteiger partial charge in [-0.05, 0) is 44.2 Å². The second-order valence-electron chi connectivity index (χ2n) is 6.17. The van der Waals surface area contributed by atoms with E-state index in [4.69, 9.17) is 5.26 Å². The second-order valence-corrected chi connectivity index (χ2v) is 8.40. The average molecular weight is 318 g/mol. The van der Waals surface area contributed by atoms with Crippen molar-refractivity contribution in [2.75, 3.05) is 0 Å². The number of carbonyl (C=O) groups excluding carboxylic acids is 1. The van der Waals surface area contributed by atoms with Gasteiger partial charge in [-0.1, -0.05) is 18.2 Å². The number of carbonyl (C=O) groups is 1. The summed E-state index contributed by atoms with van der Waals surface area (Å²) in [6.45, 7) is 0. The SMILES string of the molecule is N#CC1(NC(=O)[C@@H]2CC[C@@H](S(=O)(=O)c3ccccc3)C2)CC1. The van der Waals surface area contributed by atoms with E-state index in [1.54, 1.807) is 30.3 Å². The Hall–Kier alpha value is -1.87. The molecule has 0 spiro atoms. The van der Waals surface area contributed by atoms with Gasteiger partial charge in [0.1, 0.15) is 5.54 Å². The Morgan fingerprint density at radius 3 is 2.50 bits per heavy atom. The molecule has 2 fully saturated rings. The van der Waals surface area contributed by atoms with E-state index in [-0.39, 0.29) is 11.8 Å². The zero-order chi connectivity index (χ0) is 15.8. The van der Waals surface area contributed by atoms with E-state index in [1.165, 1.54) is 0 Å². The van der Waals surface area contributed by atoms with Crippen LogP contribution in [-0.2, 0) is 14.6 Å². The third kappa shape index (κ3) is 2.73. The summed E-state index contributed by atoms with van der Waals surface area (Å²) in [5.74, 6) is -0.487. The number of amides is 1. The maximum Gasteiger partial charge on any atom is 0.224 e. The van der Waals surface area contributed by atoms with Crippen molar-refractivity contribution in [3.05, 3.63) is 30.3 Å². The van der Waals surface area contributed by atoms with Gasteiger partial charge in [0.25, 0.3) is 0 Å². The first-order valence-electron chi connectivity index (χ1n) is 7.49. The highest BCUT2D eigenvalue weighted by Gasteiger charge is 2.47. The van der Waals surface area contributed by atoms with Crippen molar-refractivity contribution in [1.82, 2.24) is 5.32 Å². The van der Waals surface area contributed by atoms with Crippen LogP contribution in [0.15, 0.2) is 35.2 Å². The lowest BCUT2D eigenvalue weighted by Crippen LogP contribution is -2.39. The summed E-state index contributed by atoms with van der Waals surface area (Å²) in [5.41, 5.74) is -0.687. The third-order valence-corrected chi connectivity index (χ3v) is 6.83. The highest BCUT2D eigenvalue weighted by Crippen LogP contribution is 2.37. The number of hydrogen-bond donors (Lipinski definition) is 1. The third-order valence-electron chi connectivity index (χ3n) is 4.59. The first-order valence-corrected chi connectivity index (χ1v) is 9.04. The van der Waals surface area contributed by atoms with Crippen molar-refractivity contribution < 1.29 is 13.2 Å². The molecular formula is C16H18N2O3S. The predicted molar refractivity (Wildman–Crippen MR) is 80.5 cm³/mol. The zero-order valence-electron chi connectivity index (χ0n) is 12.2. The molecule has 3 rings (SSSR count). The average Bonchev–Trinajstić information content (AvgIpc) is 3.11. The maximum atomic E-state index is 12.6. The molecule has 1 amide bonds. The summed E-state index contributed by atoms with van der Waals surface area (Å²) >= 11 is 0. The molecule has 0 radical (unpaired) electrons. The molecule has 1 aromatic rings. The highest BCUT2D eigenvalue weighted by molar-refractivity contribution is 7.92. The fraction of sp³-hybridized carbons (Fsp3) is 0.500. The van der Waals surface area contributed by atoms with Gasteiger partial charge in [0.2, 0.25) is 5.91 Å². The van der Waals surface area contributed by atoms with Gasteiger partial charge in [0.05, 0.1) is 16.2 Å². The van der Waals surface area contributed by atoms with E-state index >= 15 is 0 Å². The van der Waals surface area contributed by atoms with Gasteiger partial charge in [-0.2, -0.15) is 5.26 Å². The molecule has 22 heavy (non-hydrogen) atoms. The number of nitrogens with one attached hydrogen (secondary N) is 1. The number of benzene rings is 1. The highest BCUT2D eigenvalue weighted by atomic mass is 32.2. The maximum absolute atomic E-state index is 12.6. The van der Waals surface area contributed by atoms with Crippen LogP contribution in [0.4, 0.5) is 0 Å². The zero-order valence-corrected chi connectivity index (χ0v) is 13.0. The van der Waals surface area contributed by atoms with E-state index in [9.17, 15) is 13.2 Å². The lowest BCUT2D eigenvalue weighted by molar-refractivity contribution is -0.125. The summed E-state index contributed by atoms with van der Waals surface area (Å²) in [5, 5.41) is 11.3. The fourth-order valence-electron chi connectivity index (χ4n) is 2.99. The lowest BCUT2D eigenvalue weighted by Gasteiger charge is -2.15. The molecule has 0 bridgehead atoms. The number of nitrogens with zero attached hydrogens (tertiary/aromatic N) is 1. The van der Waals surface area contributed by atoms with Gasteiger partial charge >= 0.3 is 0 Å². The van der Waals surface area contributed by atoms with Crippen molar-refractivity contribution in [1.29, 1.82) is 5.26 Å². The van der Waals surface area contributed by atoms with Crippen molar-refractivity contribution in [3.63, 3.8) is 0 Å². The van der Waals surface area contributed by atoms with Gasteiger partial charge < -0.3 is 5.32 Å². The Bertz CT molecular complexity index is 718. The Morgan fingerprint density at radius 1 is 1.23 bits per heavy atom. The molecular weight excluding hydrogens is 300 g/mol. The van der Waals surface area contributed by atoms with Crippen molar-refractivity contribution in [2.45, 2.75) is 47.8 Å². The number of sulfone groups is 1. The quantitative estimate of drug-likeness (QED) is 0.917. The van der Waals surface area contributed by atoms with Gasteiger partial charge in [-0.15, -0.1) is 0 Å². The van der Waals surface area contributed by atoms with Crippen molar-refractivity contribution in [2.24, 2.45) is 5.92 Å². The normalized spacial score (nSPS) is 26.1. The molecule has 0 saturated heterocycles. The van der Waals surface area contributed by atoms with Crippen LogP contribution in [0, 0.1) is 17.2 Å².